The molecule has 0 aliphatic carbocycles. The molecule has 0 atom stereocenters. The van der Waals surface area contributed by atoms with Crippen LogP contribution in [0.4, 0.5) is 0 Å². The van der Waals surface area contributed by atoms with Crippen molar-refractivity contribution in [3.05, 3.63) is 59.2 Å². The van der Waals surface area contributed by atoms with E-state index in [1.807, 2.05) is 24.3 Å². The van der Waals surface area contributed by atoms with E-state index >= 15 is 0 Å². The monoisotopic (exact) mass is 411 g/mol. The van der Waals surface area contributed by atoms with E-state index in [2.05, 4.69) is 67.6 Å². The fourth-order valence-corrected chi connectivity index (χ4v) is 1.80. The van der Waals surface area contributed by atoms with Gasteiger partial charge in [-0.2, -0.15) is 0 Å². The Labute approximate surface area is 162 Å². The molecule has 0 bridgehead atoms. The third-order valence-corrected chi connectivity index (χ3v) is 3.77. The Morgan fingerprint density at radius 2 is 1.72 bits per heavy atom. The summed E-state index contributed by atoms with van der Waals surface area (Å²) in [5.74, 6) is -0.217. The molecule has 0 spiro atoms. The molecule has 0 aliphatic rings. The number of aryl methyl sites for hydroxylation is 1. The molecule has 25 heavy (non-hydrogen) atoms. The number of alkyl halides is 1. The summed E-state index contributed by atoms with van der Waals surface area (Å²) in [6.45, 7) is 8.84. The molecule has 0 fully saturated rings. The van der Waals surface area contributed by atoms with E-state index in [-0.39, 0.29) is 11.3 Å². The molecule has 0 amide bonds. The van der Waals surface area contributed by atoms with E-state index in [1.165, 1.54) is 23.8 Å². The van der Waals surface area contributed by atoms with E-state index in [1.54, 1.807) is 0 Å². The van der Waals surface area contributed by atoms with E-state index in [0.717, 1.165) is 19.3 Å². The van der Waals surface area contributed by atoms with Gasteiger partial charge in [-0.3, -0.25) is 4.79 Å². The number of benzene rings is 1. The Bertz CT molecular complexity index is 496. The number of nitrogens with two attached hydrogens (primary N) is 1. The molecule has 3 nitrogen and oxygen atoms in total. The predicted octanol–water partition coefficient (Wildman–Crippen LogP) is 5.58. The lowest BCUT2D eigenvalue weighted by Crippen LogP contribution is -2.05. The predicted molar refractivity (Wildman–Crippen MR) is 113 cm³/mol. The molecule has 0 radical (unpaired) electrons. The minimum atomic E-state index is -0.217. The number of carbonyl (C=O) groups is 1. The summed E-state index contributed by atoms with van der Waals surface area (Å²) in [5, 5.41) is 0.262. The SMILES string of the molecule is CC/C(C)=C/CC/C(C)=C/COC(=O)CBr.CN.Cc1ccccc1. The summed E-state index contributed by atoms with van der Waals surface area (Å²) < 4.78 is 4.93. The number of hydrogen-bond acceptors (Lipinski definition) is 3. The molecule has 4 heteroatoms. The zero-order valence-electron chi connectivity index (χ0n) is 16.3. The van der Waals surface area contributed by atoms with E-state index in [4.69, 9.17) is 4.74 Å². The largest absolute Gasteiger partial charge is 0.461 e. The van der Waals surface area contributed by atoms with Gasteiger partial charge in [-0.25, -0.2) is 0 Å². The number of rotatable bonds is 7. The first-order valence-corrected chi connectivity index (χ1v) is 9.74. The summed E-state index contributed by atoms with van der Waals surface area (Å²) in [6.07, 6.45) is 7.45. The topological polar surface area (TPSA) is 52.3 Å². The second kappa shape index (κ2) is 18.9. The van der Waals surface area contributed by atoms with Gasteiger partial charge >= 0.3 is 5.97 Å². The zero-order valence-corrected chi connectivity index (χ0v) is 17.9. The van der Waals surface area contributed by atoms with Crippen LogP contribution in [-0.2, 0) is 9.53 Å². The Kier molecular flexibility index (Phi) is 19.6. The van der Waals surface area contributed by atoms with Crippen molar-refractivity contribution in [3.63, 3.8) is 0 Å². The number of allylic oxidation sites excluding steroid dienone is 3. The van der Waals surface area contributed by atoms with E-state index in [0.29, 0.717) is 6.61 Å². The van der Waals surface area contributed by atoms with Crippen molar-refractivity contribution < 1.29 is 9.53 Å². The molecule has 0 saturated carbocycles. The summed E-state index contributed by atoms with van der Waals surface area (Å²) in [7, 11) is 1.50. The third kappa shape index (κ3) is 18.8. The fourth-order valence-electron chi connectivity index (χ4n) is 1.64. The van der Waals surface area contributed by atoms with Crippen LogP contribution >= 0.6 is 15.9 Å². The molecule has 0 heterocycles. The lowest BCUT2D eigenvalue weighted by Gasteiger charge is -2.01. The highest BCUT2D eigenvalue weighted by atomic mass is 79.9. The van der Waals surface area contributed by atoms with Crippen molar-refractivity contribution >= 4 is 21.9 Å². The van der Waals surface area contributed by atoms with Gasteiger partial charge in [0.1, 0.15) is 11.9 Å². The van der Waals surface area contributed by atoms with Crippen molar-refractivity contribution in [2.24, 2.45) is 5.73 Å². The van der Waals surface area contributed by atoms with Crippen LogP contribution in [0.15, 0.2) is 53.6 Å². The zero-order chi connectivity index (χ0) is 19.5. The van der Waals surface area contributed by atoms with Crippen LogP contribution in [0.25, 0.3) is 0 Å². The van der Waals surface area contributed by atoms with Crippen molar-refractivity contribution in [1.82, 2.24) is 0 Å². The average molecular weight is 412 g/mol. The third-order valence-electron chi connectivity index (χ3n) is 3.31. The molecule has 0 unspecified atom stereocenters. The molecule has 142 valence electrons. The van der Waals surface area contributed by atoms with Crippen LogP contribution in [0.5, 0.6) is 0 Å². The van der Waals surface area contributed by atoms with Crippen molar-refractivity contribution in [1.29, 1.82) is 0 Å². The van der Waals surface area contributed by atoms with Crippen molar-refractivity contribution in [3.8, 4) is 0 Å². The normalized spacial score (nSPS) is 10.8. The van der Waals surface area contributed by atoms with E-state index < -0.39 is 0 Å². The first-order chi connectivity index (χ1) is 12.0. The van der Waals surface area contributed by atoms with Gasteiger partial charge in [-0.05, 0) is 53.2 Å². The number of carbonyl (C=O) groups excluding carboxylic acids is 1. The maximum Gasteiger partial charge on any atom is 0.316 e. The number of hydrogen-bond donors (Lipinski definition) is 1. The first kappa shape index (κ1) is 25.8. The minimum absolute atomic E-state index is 0.217. The first-order valence-electron chi connectivity index (χ1n) is 8.61. The van der Waals surface area contributed by atoms with Gasteiger partial charge < -0.3 is 10.5 Å². The average Bonchev–Trinajstić information content (AvgIpc) is 2.64. The smallest absolute Gasteiger partial charge is 0.316 e. The standard InChI is InChI=1S/C13H21BrO2.C7H8.CH5N/c1-4-11(2)6-5-7-12(3)8-9-16-13(15)10-14;1-7-5-3-2-4-6-7;1-2/h6,8H,4-5,7,9-10H2,1-3H3;2-6H,1H3;2H2,1H3/b11-6+,12-8+;;. The van der Waals surface area contributed by atoms with Crippen LogP contribution in [0.2, 0.25) is 0 Å². The number of halogens is 1. The van der Waals surface area contributed by atoms with Crippen molar-refractivity contribution in [2.75, 3.05) is 19.0 Å². The van der Waals surface area contributed by atoms with Crippen LogP contribution in [-0.4, -0.2) is 25.0 Å². The van der Waals surface area contributed by atoms with Gasteiger partial charge in [0.2, 0.25) is 0 Å². The maximum absolute atomic E-state index is 10.8. The van der Waals surface area contributed by atoms with Gasteiger partial charge in [0, 0.05) is 0 Å². The minimum Gasteiger partial charge on any atom is -0.461 e. The Morgan fingerprint density at radius 3 is 2.16 bits per heavy atom. The lowest BCUT2D eigenvalue weighted by molar-refractivity contribution is -0.139. The molecular formula is C21H34BrNO2. The summed E-state index contributed by atoms with van der Waals surface area (Å²) in [6, 6.07) is 10.3. The molecular weight excluding hydrogens is 378 g/mol. The molecule has 2 N–H and O–H groups in total. The van der Waals surface area contributed by atoms with Gasteiger partial charge in [0.25, 0.3) is 0 Å². The van der Waals surface area contributed by atoms with Gasteiger partial charge in [0.05, 0.1) is 0 Å². The second-order valence-corrected chi connectivity index (χ2v) is 6.03. The van der Waals surface area contributed by atoms with Crippen LogP contribution < -0.4 is 5.73 Å². The van der Waals surface area contributed by atoms with Gasteiger partial charge in [-0.1, -0.05) is 76.0 Å². The van der Waals surface area contributed by atoms with Crippen molar-refractivity contribution in [2.45, 2.75) is 47.0 Å². The van der Waals surface area contributed by atoms with Crippen LogP contribution in [0.3, 0.4) is 0 Å². The molecule has 1 rings (SSSR count). The highest BCUT2D eigenvalue weighted by molar-refractivity contribution is 9.09. The Balaban J connectivity index is 0. The molecule has 1 aromatic rings. The number of ether oxygens (including phenoxy) is 1. The number of esters is 1. The van der Waals surface area contributed by atoms with E-state index in [9.17, 15) is 4.79 Å². The fraction of sp³-hybridized carbons (Fsp3) is 0.476. The maximum atomic E-state index is 10.8. The van der Waals surface area contributed by atoms with Gasteiger partial charge in [-0.15, -0.1) is 0 Å². The lowest BCUT2D eigenvalue weighted by atomic mass is 10.1. The molecule has 1 aromatic carbocycles. The Hall–Kier alpha value is -1.39. The molecule has 0 saturated heterocycles. The quantitative estimate of drug-likeness (QED) is 0.362. The summed E-state index contributed by atoms with van der Waals surface area (Å²) in [5.41, 5.74) is 8.52. The Morgan fingerprint density at radius 1 is 1.12 bits per heavy atom. The summed E-state index contributed by atoms with van der Waals surface area (Å²) >= 11 is 3.04. The van der Waals surface area contributed by atoms with Crippen LogP contribution in [0, 0.1) is 6.92 Å². The highest BCUT2D eigenvalue weighted by Gasteiger charge is 1.96. The molecule has 0 aliphatic heterocycles. The molecule has 0 aromatic heterocycles. The summed E-state index contributed by atoms with van der Waals surface area (Å²) in [4.78, 5) is 10.8. The highest BCUT2D eigenvalue weighted by Crippen LogP contribution is 2.08. The van der Waals surface area contributed by atoms with Gasteiger partial charge in [0.15, 0.2) is 0 Å². The second-order valence-electron chi connectivity index (χ2n) is 5.46. The van der Waals surface area contributed by atoms with Crippen LogP contribution in [0.1, 0.15) is 45.6 Å².